The van der Waals surface area contributed by atoms with Crippen molar-refractivity contribution >= 4 is 51.6 Å². The summed E-state index contributed by atoms with van der Waals surface area (Å²) in [6.07, 6.45) is 3.76. The van der Waals surface area contributed by atoms with Gasteiger partial charge in [0.15, 0.2) is 0 Å². The van der Waals surface area contributed by atoms with Crippen LogP contribution in [0.5, 0.6) is 0 Å². The number of thioether (sulfide) groups is 1. The molecule has 0 radical (unpaired) electrons. The zero-order valence-electron chi connectivity index (χ0n) is 15.4. The van der Waals surface area contributed by atoms with Crippen molar-refractivity contribution in [2.45, 2.75) is 44.4 Å². The van der Waals surface area contributed by atoms with Crippen molar-refractivity contribution in [1.82, 2.24) is 20.2 Å². The lowest BCUT2D eigenvalue weighted by atomic mass is 10.2. The van der Waals surface area contributed by atoms with Gasteiger partial charge in [0, 0.05) is 42.7 Å². The maximum Gasteiger partial charge on any atom is 0.259 e. The second kappa shape index (κ2) is 8.94. The van der Waals surface area contributed by atoms with Crippen molar-refractivity contribution in [2.75, 3.05) is 25.4 Å². The van der Waals surface area contributed by atoms with E-state index in [1.54, 1.807) is 23.1 Å². The molecule has 1 atom stereocenters. The third-order valence-electron chi connectivity index (χ3n) is 5.04. The average Bonchev–Trinajstić information content (AvgIpc) is 3.19. The second-order valence-corrected chi connectivity index (χ2v) is 9.24. The molecule has 1 fully saturated rings. The van der Waals surface area contributed by atoms with Crippen LogP contribution in [0.3, 0.4) is 0 Å². The van der Waals surface area contributed by atoms with Crippen LogP contribution in [-0.4, -0.2) is 52.2 Å². The maximum absolute atomic E-state index is 12.4. The molecule has 2 aromatic heterocycles. The van der Waals surface area contributed by atoms with Gasteiger partial charge in [0.1, 0.15) is 10.7 Å². The highest BCUT2D eigenvalue weighted by atomic mass is 35.5. The minimum atomic E-state index is -0.00381. The van der Waals surface area contributed by atoms with Gasteiger partial charge in [-0.2, -0.15) is 11.8 Å². The van der Waals surface area contributed by atoms with E-state index in [4.69, 9.17) is 0 Å². The van der Waals surface area contributed by atoms with E-state index in [0.29, 0.717) is 18.2 Å². The molecule has 4 rings (SSSR count). The van der Waals surface area contributed by atoms with Gasteiger partial charge in [-0.25, -0.2) is 4.98 Å². The first-order valence-electron chi connectivity index (χ1n) is 9.24. The van der Waals surface area contributed by atoms with Gasteiger partial charge >= 0.3 is 0 Å². The number of piperazine rings is 1. The number of hydrogen-bond acceptors (Lipinski definition) is 6. The summed E-state index contributed by atoms with van der Waals surface area (Å²) in [5, 5.41) is 4.15. The van der Waals surface area contributed by atoms with Gasteiger partial charge in [0.2, 0.25) is 5.91 Å². The van der Waals surface area contributed by atoms with Crippen LogP contribution in [0.1, 0.15) is 36.0 Å². The number of nitrogens with one attached hydrogen (secondary N) is 2. The zero-order chi connectivity index (χ0) is 18.1. The predicted octanol–water partition coefficient (Wildman–Crippen LogP) is 2.34. The van der Waals surface area contributed by atoms with Gasteiger partial charge in [-0.1, -0.05) is 0 Å². The summed E-state index contributed by atoms with van der Waals surface area (Å²) in [6, 6.07) is 0.369. The lowest BCUT2D eigenvalue weighted by Gasteiger charge is -2.31. The number of H-pyrrole nitrogens is 1. The quantitative estimate of drug-likeness (QED) is 0.714. The first-order valence-corrected chi connectivity index (χ1v) is 11.2. The van der Waals surface area contributed by atoms with Gasteiger partial charge < -0.3 is 15.2 Å². The maximum atomic E-state index is 12.4. The first-order chi connectivity index (χ1) is 12.6. The molecule has 1 amide bonds. The number of aromatic nitrogens is 2. The molecule has 0 aromatic carbocycles. The molecule has 3 heterocycles. The zero-order valence-corrected chi connectivity index (χ0v) is 17.8. The molecular weight excluding hydrogens is 404 g/mol. The molecule has 2 N–H and O–H groups in total. The van der Waals surface area contributed by atoms with Gasteiger partial charge in [0.05, 0.1) is 11.1 Å². The highest BCUT2D eigenvalue weighted by Crippen LogP contribution is 2.34. The summed E-state index contributed by atoms with van der Waals surface area (Å²) in [6.45, 7) is 4.56. The monoisotopic (exact) mass is 428 g/mol. The fourth-order valence-electron chi connectivity index (χ4n) is 3.76. The Morgan fingerprint density at radius 2 is 2.26 bits per heavy atom. The molecule has 2 aliphatic rings. The molecule has 148 valence electrons. The Kier molecular flexibility index (Phi) is 6.83. The smallest absolute Gasteiger partial charge is 0.259 e. The van der Waals surface area contributed by atoms with Gasteiger partial charge in [-0.15, -0.1) is 23.7 Å². The normalized spacial score (nSPS) is 19.1. The number of nitrogens with zero attached hydrogens (tertiary/aromatic N) is 2. The summed E-state index contributed by atoms with van der Waals surface area (Å²) in [5.74, 6) is 2.33. The van der Waals surface area contributed by atoms with Crippen LogP contribution in [0.15, 0.2) is 4.79 Å². The Balaban J connectivity index is 0.00000210. The van der Waals surface area contributed by atoms with Crippen molar-refractivity contribution in [3.8, 4) is 0 Å². The fraction of sp³-hybridized carbons (Fsp3) is 0.611. The molecule has 1 aliphatic heterocycles. The molecule has 6 nitrogen and oxygen atoms in total. The van der Waals surface area contributed by atoms with E-state index in [0.717, 1.165) is 60.7 Å². The van der Waals surface area contributed by atoms with Gasteiger partial charge in [-0.3, -0.25) is 9.59 Å². The van der Waals surface area contributed by atoms with Crippen LogP contribution in [0, 0.1) is 0 Å². The molecule has 27 heavy (non-hydrogen) atoms. The SMILES string of the molecule is CC1CN(C(=O)CCSCc2nc3sc4c(c3c(=O)[nH]2)CCC4)CCN1.Cl. The van der Waals surface area contributed by atoms with Crippen molar-refractivity contribution in [3.05, 3.63) is 26.6 Å². The third-order valence-corrected chi connectivity index (χ3v) is 7.20. The minimum Gasteiger partial charge on any atom is -0.340 e. The van der Waals surface area contributed by atoms with Gasteiger partial charge in [-0.05, 0) is 31.7 Å². The number of amides is 1. The molecule has 2 aromatic rings. The molecule has 9 heteroatoms. The van der Waals surface area contributed by atoms with E-state index in [9.17, 15) is 9.59 Å². The Hall–Kier alpha value is -1.09. The lowest BCUT2D eigenvalue weighted by molar-refractivity contribution is -0.131. The Morgan fingerprint density at radius 1 is 1.41 bits per heavy atom. The fourth-order valence-corrected chi connectivity index (χ4v) is 5.83. The van der Waals surface area contributed by atoms with Crippen LogP contribution >= 0.6 is 35.5 Å². The number of thiophene rings is 1. The molecular formula is C18H25ClN4O2S2. The standard InChI is InChI=1S/C18H24N4O2S2.ClH/c1-11-9-22(7-6-19-11)15(23)5-8-25-10-14-20-17(24)16-12-3-2-4-13(12)26-18(16)21-14;/h11,19H,2-10H2,1H3,(H,20,21,24);1H. The minimum absolute atomic E-state index is 0. The molecule has 1 aliphatic carbocycles. The summed E-state index contributed by atoms with van der Waals surface area (Å²) < 4.78 is 0. The summed E-state index contributed by atoms with van der Waals surface area (Å²) >= 11 is 3.33. The number of halogens is 1. The van der Waals surface area contributed by atoms with Crippen molar-refractivity contribution in [2.24, 2.45) is 0 Å². The van der Waals surface area contributed by atoms with Crippen LogP contribution in [0.2, 0.25) is 0 Å². The van der Waals surface area contributed by atoms with Crippen LogP contribution < -0.4 is 10.9 Å². The average molecular weight is 429 g/mol. The van der Waals surface area contributed by atoms with Crippen molar-refractivity contribution < 1.29 is 4.79 Å². The van der Waals surface area contributed by atoms with E-state index < -0.39 is 0 Å². The molecule has 0 saturated carbocycles. The van der Waals surface area contributed by atoms with Crippen molar-refractivity contribution in [1.29, 1.82) is 0 Å². The summed E-state index contributed by atoms with van der Waals surface area (Å²) in [4.78, 5) is 36.5. The summed E-state index contributed by atoms with van der Waals surface area (Å²) in [7, 11) is 0. The third kappa shape index (κ3) is 4.50. The molecule has 1 saturated heterocycles. The number of carbonyl (C=O) groups is 1. The van der Waals surface area contributed by atoms with E-state index in [-0.39, 0.29) is 23.9 Å². The molecule has 0 bridgehead atoms. The second-order valence-electron chi connectivity index (χ2n) is 7.05. The topological polar surface area (TPSA) is 78.1 Å². The molecule has 0 spiro atoms. The highest BCUT2D eigenvalue weighted by molar-refractivity contribution is 7.98. The van der Waals surface area contributed by atoms with E-state index >= 15 is 0 Å². The van der Waals surface area contributed by atoms with Crippen molar-refractivity contribution in [3.63, 3.8) is 0 Å². The van der Waals surface area contributed by atoms with Crippen LogP contribution in [0.4, 0.5) is 0 Å². The summed E-state index contributed by atoms with van der Waals surface area (Å²) in [5.41, 5.74) is 1.21. The molecule has 1 unspecified atom stereocenters. The number of fused-ring (bicyclic) bond motifs is 3. The lowest BCUT2D eigenvalue weighted by Crippen LogP contribution is -2.51. The number of aromatic amines is 1. The Labute approximate surface area is 172 Å². The largest absolute Gasteiger partial charge is 0.340 e. The van der Waals surface area contributed by atoms with Crippen LogP contribution in [-0.2, 0) is 23.4 Å². The predicted molar refractivity (Wildman–Crippen MR) is 114 cm³/mol. The number of rotatable bonds is 5. The Morgan fingerprint density at radius 3 is 3.07 bits per heavy atom. The highest BCUT2D eigenvalue weighted by Gasteiger charge is 2.22. The van der Waals surface area contributed by atoms with Gasteiger partial charge in [0.25, 0.3) is 5.56 Å². The van der Waals surface area contributed by atoms with E-state index in [2.05, 4.69) is 22.2 Å². The Bertz CT molecular complexity index is 882. The van der Waals surface area contributed by atoms with E-state index in [1.165, 1.54) is 10.4 Å². The number of aryl methyl sites for hydroxylation is 2. The van der Waals surface area contributed by atoms with Crippen LogP contribution in [0.25, 0.3) is 10.2 Å². The number of carbonyl (C=O) groups excluding carboxylic acids is 1. The number of hydrogen-bond donors (Lipinski definition) is 2. The van der Waals surface area contributed by atoms with E-state index in [1.807, 2.05) is 4.90 Å². The first kappa shape index (κ1) is 20.6.